The van der Waals surface area contributed by atoms with Gasteiger partial charge in [-0.1, -0.05) is 23.9 Å². The van der Waals surface area contributed by atoms with Gasteiger partial charge in [0.15, 0.2) is 22.6 Å². The summed E-state index contributed by atoms with van der Waals surface area (Å²) in [5.41, 5.74) is 0.241. The van der Waals surface area contributed by atoms with Crippen LogP contribution in [-0.2, 0) is 4.79 Å². The minimum absolute atomic E-state index is 0.147. The SMILES string of the molecule is COc1ccccc1-n1cnnc1SCC(=O)Nc1ccc(F)c(F)c1F. The highest BCUT2D eigenvalue weighted by molar-refractivity contribution is 7.99. The van der Waals surface area contributed by atoms with Crippen molar-refractivity contribution < 1.29 is 22.7 Å². The Hall–Kier alpha value is -3.01. The molecule has 0 atom stereocenters. The molecule has 140 valence electrons. The Bertz CT molecular complexity index is 981. The second-order valence-electron chi connectivity index (χ2n) is 5.22. The quantitative estimate of drug-likeness (QED) is 0.513. The van der Waals surface area contributed by atoms with Gasteiger partial charge >= 0.3 is 0 Å². The average molecular weight is 394 g/mol. The second kappa shape index (κ2) is 8.12. The Kier molecular flexibility index (Phi) is 5.65. The first-order valence-corrected chi connectivity index (χ1v) is 8.59. The number of nitrogens with one attached hydrogen (secondary N) is 1. The predicted molar refractivity (Wildman–Crippen MR) is 93.6 cm³/mol. The number of ether oxygens (including phenoxy) is 1. The van der Waals surface area contributed by atoms with Crippen molar-refractivity contribution >= 4 is 23.4 Å². The van der Waals surface area contributed by atoms with Gasteiger partial charge in [-0.3, -0.25) is 9.36 Å². The topological polar surface area (TPSA) is 69.0 Å². The van der Waals surface area contributed by atoms with Crippen molar-refractivity contribution in [3.63, 3.8) is 0 Å². The van der Waals surface area contributed by atoms with Gasteiger partial charge in [-0.05, 0) is 24.3 Å². The van der Waals surface area contributed by atoms with Gasteiger partial charge in [0.2, 0.25) is 5.91 Å². The van der Waals surface area contributed by atoms with Crippen molar-refractivity contribution in [2.45, 2.75) is 5.16 Å². The van der Waals surface area contributed by atoms with Crippen LogP contribution < -0.4 is 10.1 Å². The number of rotatable bonds is 6. The van der Waals surface area contributed by atoms with Gasteiger partial charge < -0.3 is 10.1 Å². The highest BCUT2D eigenvalue weighted by atomic mass is 32.2. The summed E-state index contributed by atoms with van der Waals surface area (Å²) in [6, 6.07) is 8.87. The van der Waals surface area contributed by atoms with Crippen LogP contribution >= 0.6 is 11.8 Å². The molecule has 0 aliphatic carbocycles. The zero-order chi connectivity index (χ0) is 19.4. The minimum Gasteiger partial charge on any atom is -0.495 e. The molecule has 10 heteroatoms. The summed E-state index contributed by atoms with van der Waals surface area (Å²) in [5, 5.41) is 10.4. The summed E-state index contributed by atoms with van der Waals surface area (Å²) in [5.74, 6) is -4.59. The van der Waals surface area contributed by atoms with Crippen molar-refractivity contribution in [2.75, 3.05) is 18.2 Å². The molecule has 6 nitrogen and oxygen atoms in total. The number of methoxy groups -OCH3 is 1. The third-order valence-corrected chi connectivity index (χ3v) is 4.45. The third kappa shape index (κ3) is 4.05. The molecular formula is C17H13F3N4O2S. The van der Waals surface area contributed by atoms with E-state index < -0.39 is 29.0 Å². The lowest BCUT2D eigenvalue weighted by molar-refractivity contribution is -0.113. The highest BCUT2D eigenvalue weighted by Gasteiger charge is 2.17. The Balaban J connectivity index is 1.71. The normalized spacial score (nSPS) is 10.7. The first-order valence-electron chi connectivity index (χ1n) is 7.61. The maximum absolute atomic E-state index is 13.6. The highest BCUT2D eigenvalue weighted by Crippen LogP contribution is 2.27. The lowest BCUT2D eigenvalue weighted by atomic mass is 10.3. The fraction of sp³-hybridized carbons (Fsp3) is 0.118. The molecule has 0 saturated carbocycles. The van der Waals surface area contributed by atoms with E-state index in [0.717, 1.165) is 23.9 Å². The molecule has 3 rings (SSSR count). The van der Waals surface area contributed by atoms with E-state index in [1.54, 1.807) is 16.7 Å². The van der Waals surface area contributed by atoms with E-state index in [2.05, 4.69) is 15.5 Å². The van der Waals surface area contributed by atoms with Crippen LogP contribution in [0.1, 0.15) is 0 Å². The zero-order valence-electron chi connectivity index (χ0n) is 13.9. The summed E-state index contributed by atoms with van der Waals surface area (Å²) in [7, 11) is 1.53. The number of halogens is 3. The molecule has 0 radical (unpaired) electrons. The van der Waals surface area contributed by atoms with Gasteiger partial charge in [-0.15, -0.1) is 10.2 Å². The number of hydrogen-bond donors (Lipinski definition) is 1. The molecule has 0 unspecified atom stereocenters. The average Bonchev–Trinajstić information content (AvgIpc) is 3.15. The summed E-state index contributed by atoms with van der Waals surface area (Å²) >= 11 is 1.04. The summed E-state index contributed by atoms with van der Waals surface area (Å²) < 4.78 is 46.7. The maximum atomic E-state index is 13.6. The Labute approximate surface area is 156 Å². The molecule has 0 spiro atoms. The molecule has 2 aromatic carbocycles. The van der Waals surface area contributed by atoms with Gasteiger partial charge in [0.1, 0.15) is 12.1 Å². The number of para-hydroxylation sites is 2. The molecule has 0 saturated heterocycles. The molecule has 1 N–H and O–H groups in total. The smallest absolute Gasteiger partial charge is 0.234 e. The molecule has 0 bridgehead atoms. The fourth-order valence-electron chi connectivity index (χ4n) is 2.26. The number of nitrogens with zero attached hydrogens (tertiary/aromatic N) is 3. The standard InChI is InChI=1S/C17H13F3N4O2S/c1-26-13-5-3-2-4-12(13)24-9-21-23-17(24)27-8-14(25)22-11-7-6-10(18)15(19)16(11)20/h2-7,9H,8H2,1H3,(H,22,25). The van der Waals surface area contributed by atoms with Crippen molar-refractivity contribution in [1.82, 2.24) is 14.8 Å². The Morgan fingerprint density at radius 2 is 1.96 bits per heavy atom. The van der Waals surface area contributed by atoms with Gasteiger partial charge in [0.05, 0.1) is 24.2 Å². The molecule has 0 aliphatic heterocycles. The molecule has 0 aliphatic rings. The molecule has 1 aromatic heterocycles. The van der Waals surface area contributed by atoms with E-state index in [0.29, 0.717) is 16.6 Å². The molecule has 0 fully saturated rings. The van der Waals surface area contributed by atoms with E-state index in [1.807, 2.05) is 12.1 Å². The predicted octanol–water partition coefficient (Wildman–Crippen LogP) is 3.42. The van der Waals surface area contributed by atoms with E-state index >= 15 is 0 Å². The number of aromatic nitrogens is 3. The molecule has 1 amide bonds. The largest absolute Gasteiger partial charge is 0.495 e. The van der Waals surface area contributed by atoms with Gasteiger partial charge in [-0.25, -0.2) is 13.2 Å². The van der Waals surface area contributed by atoms with Crippen LogP contribution in [0.4, 0.5) is 18.9 Å². The van der Waals surface area contributed by atoms with Gasteiger partial charge in [0.25, 0.3) is 0 Å². The summed E-state index contributed by atoms with van der Waals surface area (Å²) in [4.78, 5) is 12.0. The molecule has 1 heterocycles. The van der Waals surface area contributed by atoms with Crippen LogP contribution in [0.2, 0.25) is 0 Å². The van der Waals surface area contributed by atoms with E-state index in [4.69, 9.17) is 4.74 Å². The Morgan fingerprint density at radius 1 is 1.19 bits per heavy atom. The van der Waals surface area contributed by atoms with Gasteiger partial charge in [-0.2, -0.15) is 0 Å². The molecule has 3 aromatic rings. The van der Waals surface area contributed by atoms with E-state index in [1.165, 1.54) is 13.4 Å². The van der Waals surface area contributed by atoms with E-state index in [-0.39, 0.29) is 5.75 Å². The van der Waals surface area contributed by atoms with Crippen molar-refractivity contribution in [1.29, 1.82) is 0 Å². The number of carbonyl (C=O) groups excluding carboxylic acids is 1. The van der Waals surface area contributed by atoms with E-state index in [9.17, 15) is 18.0 Å². The van der Waals surface area contributed by atoms with Crippen molar-refractivity contribution in [3.8, 4) is 11.4 Å². The van der Waals surface area contributed by atoms with Crippen LogP contribution in [0.15, 0.2) is 47.9 Å². The van der Waals surface area contributed by atoms with Crippen LogP contribution in [0.3, 0.4) is 0 Å². The van der Waals surface area contributed by atoms with Crippen molar-refractivity contribution in [2.24, 2.45) is 0 Å². The van der Waals surface area contributed by atoms with Crippen LogP contribution in [0.5, 0.6) is 5.75 Å². The number of anilines is 1. The van der Waals surface area contributed by atoms with Crippen LogP contribution in [0.25, 0.3) is 5.69 Å². The van der Waals surface area contributed by atoms with Crippen molar-refractivity contribution in [3.05, 3.63) is 60.2 Å². The summed E-state index contributed by atoms with van der Waals surface area (Å²) in [6.07, 6.45) is 1.47. The molecular weight excluding hydrogens is 381 g/mol. The number of thioether (sulfide) groups is 1. The lowest BCUT2D eigenvalue weighted by Gasteiger charge is -2.11. The fourth-order valence-corrected chi connectivity index (χ4v) is 2.98. The molecule has 27 heavy (non-hydrogen) atoms. The zero-order valence-corrected chi connectivity index (χ0v) is 14.8. The second-order valence-corrected chi connectivity index (χ2v) is 6.16. The maximum Gasteiger partial charge on any atom is 0.234 e. The number of hydrogen-bond acceptors (Lipinski definition) is 5. The monoisotopic (exact) mass is 394 g/mol. The van der Waals surface area contributed by atoms with Crippen LogP contribution in [0, 0.1) is 17.5 Å². The Morgan fingerprint density at radius 3 is 2.74 bits per heavy atom. The van der Waals surface area contributed by atoms with Gasteiger partial charge in [0, 0.05) is 0 Å². The number of amides is 1. The first kappa shape index (κ1) is 18.8. The minimum atomic E-state index is -1.64. The number of benzene rings is 2. The first-order chi connectivity index (χ1) is 13.0. The third-order valence-electron chi connectivity index (χ3n) is 3.50. The summed E-state index contributed by atoms with van der Waals surface area (Å²) in [6.45, 7) is 0. The lowest BCUT2D eigenvalue weighted by Crippen LogP contribution is -2.16. The van der Waals surface area contributed by atoms with Crippen LogP contribution in [-0.4, -0.2) is 33.5 Å². The number of carbonyl (C=O) groups is 1.